The summed E-state index contributed by atoms with van der Waals surface area (Å²) < 4.78 is 51.3. The molecule has 0 aliphatic rings. The van der Waals surface area contributed by atoms with Gasteiger partial charge in [0.15, 0.2) is 0 Å². The molecule has 0 fully saturated rings. The van der Waals surface area contributed by atoms with Crippen molar-refractivity contribution in [1.82, 2.24) is 4.98 Å². The summed E-state index contributed by atoms with van der Waals surface area (Å²) in [4.78, 5) is 3.88. The van der Waals surface area contributed by atoms with Gasteiger partial charge in [0.2, 0.25) is 0 Å². The average molecular weight is 335 g/mol. The molecule has 2 nitrogen and oxygen atoms in total. The number of rotatable bonds is 2. The molecule has 0 amide bonds. The number of hydrogen-bond acceptors (Lipinski definition) is 2. The van der Waals surface area contributed by atoms with Crippen LogP contribution in [0.25, 0.3) is 0 Å². The largest absolute Gasteiger partial charge is 0.416 e. The van der Waals surface area contributed by atoms with Crippen molar-refractivity contribution in [3.63, 3.8) is 0 Å². The van der Waals surface area contributed by atoms with Crippen LogP contribution in [0.3, 0.4) is 0 Å². The van der Waals surface area contributed by atoms with Gasteiger partial charge in [0, 0.05) is 17.6 Å². The van der Waals surface area contributed by atoms with Crippen LogP contribution in [0.15, 0.2) is 41.1 Å². The number of halogens is 5. The average Bonchev–Trinajstić information content (AvgIpc) is 2.26. The minimum absolute atomic E-state index is 0.0189. The van der Waals surface area contributed by atoms with Gasteiger partial charge in [-0.25, -0.2) is 9.37 Å². The van der Waals surface area contributed by atoms with Crippen molar-refractivity contribution in [1.29, 1.82) is 0 Å². The van der Waals surface area contributed by atoms with Crippen LogP contribution in [0.5, 0.6) is 0 Å². The number of alkyl halides is 3. The minimum atomic E-state index is -4.59. The lowest BCUT2D eigenvalue weighted by Gasteiger charge is -2.11. The lowest BCUT2D eigenvalue weighted by Crippen LogP contribution is -2.06. The number of aromatic nitrogens is 1. The van der Waals surface area contributed by atoms with E-state index in [0.29, 0.717) is 16.4 Å². The molecular formula is C12H7BrF4N2. The molecule has 0 spiro atoms. The summed E-state index contributed by atoms with van der Waals surface area (Å²) in [6.45, 7) is 0. The zero-order valence-electron chi connectivity index (χ0n) is 9.30. The number of benzene rings is 1. The van der Waals surface area contributed by atoms with Crippen LogP contribution in [0.1, 0.15) is 5.56 Å². The summed E-state index contributed by atoms with van der Waals surface area (Å²) in [6.07, 6.45) is -3.12. The number of nitrogens with zero attached hydrogens (tertiary/aromatic N) is 1. The molecule has 0 saturated heterocycles. The fraction of sp³-hybridized carbons (Fsp3) is 0.0833. The van der Waals surface area contributed by atoms with Gasteiger partial charge in [-0.05, 0) is 46.3 Å². The topological polar surface area (TPSA) is 24.9 Å². The second-order valence-electron chi connectivity index (χ2n) is 3.72. The highest BCUT2D eigenvalue weighted by atomic mass is 79.9. The van der Waals surface area contributed by atoms with Crippen LogP contribution in [0.4, 0.5) is 28.9 Å². The smallest absolute Gasteiger partial charge is 0.355 e. The summed E-state index contributed by atoms with van der Waals surface area (Å²) in [5.41, 5.74) is -0.519. The Hall–Kier alpha value is -1.63. The molecule has 1 N–H and O–H groups in total. The van der Waals surface area contributed by atoms with E-state index in [9.17, 15) is 17.6 Å². The van der Waals surface area contributed by atoms with Crippen LogP contribution in [-0.2, 0) is 6.18 Å². The van der Waals surface area contributed by atoms with E-state index in [-0.39, 0.29) is 5.69 Å². The van der Waals surface area contributed by atoms with E-state index >= 15 is 0 Å². The molecule has 0 aliphatic carbocycles. The van der Waals surface area contributed by atoms with Crippen LogP contribution >= 0.6 is 15.9 Å². The number of pyridine rings is 1. The molecule has 100 valence electrons. The molecule has 19 heavy (non-hydrogen) atoms. The summed E-state index contributed by atoms with van der Waals surface area (Å²) in [5.74, 6) is -0.953. The van der Waals surface area contributed by atoms with Crippen LogP contribution in [0, 0.1) is 5.82 Å². The Balaban J connectivity index is 2.33. The molecule has 0 unspecified atom stereocenters. The highest BCUT2D eigenvalue weighted by Crippen LogP contribution is 2.32. The first kappa shape index (κ1) is 13.8. The van der Waals surface area contributed by atoms with Crippen LogP contribution < -0.4 is 5.32 Å². The Kier molecular flexibility index (Phi) is 3.75. The monoisotopic (exact) mass is 334 g/mol. The maximum Gasteiger partial charge on any atom is 0.416 e. The van der Waals surface area contributed by atoms with Crippen molar-refractivity contribution in [2.45, 2.75) is 6.18 Å². The minimum Gasteiger partial charge on any atom is -0.355 e. The Morgan fingerprint density at radius 1 is 1.05 bits per heavy atom. The van der Waals surface area contributed by atoms with Crippen molar-refractivity contribution >= 4 is 27.3 Å². The van der Waals surface area contributed by atoms with Crippen LogP contribution in [0.2, 0.25) is 0 Å². The molecule has 0 aliphatic heterocycles. The molecule has 2 aromatic rings. The van der Waals surface area contributed by atoms with Gasteiger partial charge in [0.1, 0.15) is 10.4 Å². The SMILES string of the molecule is Fc1cc(Nc2ccnc(Br)c2)cc(C(F)(F)F)c1. The quantitative estimate of drug-likeness (QED) is 0.633. The van der Waals surface area contributed by atoms with E-state index in [1.807, 2.05) is 0 Å². The van der Waals surface area contributed by atoms with Gasteiger partial charge >= 0.3 is 6.18 Å². The summed E-state index contributed by atoms with van der Waals surface area (Å²) in [6, 6.07) is 5.41. The second kappa shape index (κ2) is 5.16. The third kappa shape index (κ3) is 3.66. The van der Waals surface area contributed by atoms with E-state index in [4.69, 9.17) is 0 Å². The van der Waals surface area contributed by atoms with Gasteiger partial charge < -0.3 is 5.32 Å². The van der Waals surface area contributed by atoms with Gasteiger partial charge in [-0.2, -0.15) is 13.2 Å². The number of anilines is 2. The van der Waals surface area contributed by atoms with Gasteiger partial charge in [0.25, 0.3) is 0 Å². The maximum absolute atomic E-state index is 13.2. The van der Waals surface area contributed by atoms with Crippen molar-refractivity contribution < 1.29 is 17.6 Å². The molecule has 2 rings (SSSR count). The Bertz CT molecular complexity index is 599. The number of nitrogens with one attached hydrogen (secondary N) is 1. The molecule has 1 heterocycles. The lowest BCUT2D eigenvalue weighted by atomic mass is 10.2. The van der Waals surface area contributed by atoms with Crippen LogP contribution in [-0.4, -0.2) is 4.98 Å². The van der Waals surface area contributed by atoms with E-state index in [2.05, 4.69) is 26.2 Å². The second-order valence-corrected chi connectivity index (χ2v) is 4.53. The molecule has 0 saturated carbocycles. The molecule has 0 atom stereocenters. The van der Waals surface area contributed by atoms with Gasteiger partial charge in [0.05, 0.1) is 5.56 Å². The van der Waals surface area contributed by atoms with Gasteiger partial charge in [-0.3, -0.25) is 0 Å². The Labute approximate surface area is 114 Å². The van der Waals surface area contributed by atoms with Gasteiger partial charge in [-0.15, -0.1) is 0 Å². The van der Waals surface area contributed by atoms with Crippen molar-refractivity contribution in [3.8, 4) is 0 Å². The predicted molar refractivity (Wildman–Crippen MR) is 66.6 cm³/mol. The standard InChI is InChI=1S/C12H7BrF4N2/c13-11-6-9(1-2-18-11)19-10-4-7(12(15,16)17)3-8(14)5-10/h1-6H,(H,18,19). The molecule has 1 aromatic heterocycles. The Morgan fingerprint density at radius 3 is 2.42 bits per heavy atom. The molecule has 0 bridgehead atoms. The maximum atomic E-state index is 13.2. The first-order valence-electron chi connectivity index (χ1n) is 5.11. The first-order chi connectivity index (χ1) is 8.84. The fourth-order valence-corrected chi connectivity index (χ4v) is 1.84. The normalized spacial score (nSPS) is 11.4. The van der Waals surface area contributed by atoms with E-state index in [0.717, 1.165) is 12.1 Å². The summed E-state index contributed by atoms with van der Waals surface area (Å²) in [7, 11) is 0. The zero-order valence-corrected chi connectivity index (χ0v) is 10.9. The highest BCUT2D eigenvalue weighted by molar-refractivity contribution is 9.10. The highest BCUT2D eigenvalue weighted by Gasteiger charge is 2.31. The third-order valence-corrected chi connectivity index (χ3v) is 2.67. The third-order valence-electron chi connectivity index (χ3n) is 2.24. The van der Waals surface area contributed by atoms with E-state index in [1.165, 1.54) is 6.20 Å². The predicted octanol–water partition coefficient (Wildman–Crippen LogP) is 4.75. The number of hydrogen-bond donors (Lipinski definition) is 1. The van der Waals surface area contributed by atoms with Gasteiger partial charge in [-0.1, -0.05) is 0 Å². The molecule has 7 heteroatoms. The summed E-state index contributed by atoms with van der Waals surface area (Å²) >= 11 is 3.13. The van der Waals surface area contributed by atoms with Crippen molar-refractivity contribution in [2.24, 2.45) is 0 Å². The van der Waals surface area contributed by atoms with Crippen molar-refractivity contribution in [2.75, 3.05) is 5.32 Å². The van der Waals surface area contributed by atoms with E-state index < -0.39 is 17.6 Å². The zero-order chi connectivity index (χ0) is 14.0. The summed E-state index contributed by atoms with van der Waals surface area (Å²) in [5, 5.41) is 2.69. The molecular weight excluding hydrogens is 328 g/mol. The molecule has 1 aromatic carbocycles. The van der Waals surface area contributed by atoms with Crippen molar-refractivity contribution in [3.05, 3.63) is 52.5 Å². The van der Waals surface area contributed by atoms with E-state index in [1.54, 1.807) is 12.1 Å². The Morgan fingerprint density at radius 2 is 1.79 bits per heavy atom. The first-order valence-corrected chi connectivity index (χ1v) is 5.90. The fourth-order valence-electron chi connectivity index (χ4n) is 1.47. The molecule has 0 radical (unpaired) electrons. The lowest BCUT2D eigenvalue weighted by molar-refractivity contribution is -0.137.